The lowest BCUT2D eigenvalue weighted by atomic mass is 10.2. The monoisotopic (exact) mass is 385 g/mol. The van der Waals surface area contributed by atoms with Crippen molar-refractivity contribution in [3.8, 4) is 11.8 Å². The average molecular weight is 385 g/mol. The van der Waals surface area contributed by atoms with E-state index in [1.807, 2.05) is 6.07 Å². The van der Waals surface area contributed by atoms with Crippen molar-refractivity contribution in [1.82, 2.24) is 0 Å². The molecule has 27 heavy (non-hydrogen) atoms. The molecule has 138 valence electrons. The minimum absolute atomic E-state index is 0.0572. The average Bonchev–Trinajstić information content (AvgIpc) is 2.99. The number of anilines is 2. The first-order chi connectivity index (χ1) is 12.9. The van der Waals surface area contributed by atoms with Crippen LogP contribution < -0.4 is 14.4 Å². The van der Waals surface area contributed by atoms with Gasteiger partial charge in [0.05, 0.1) is 30.1 Å². The Bertz CT molecular complexity index is 1060. The maximum absolute atomic E-state index is 12.8. The lowest BCUT2D eigenvalue weighted by Gasteiger charge is -2.17. The zero-order valence-corrected chi connectivity index (χ0v) is 15.1. The van der Waals surface area contributed by atoms with Gasteiger partial charge in [0.2, 0.25) is 11.8 Å². The summed E-state index contributed by atoms with van der Waals surface area (Å²) in [5.74, 6) is -0.715. The SMILES string of the molecule is COc1ccc(N2C(=O)CCC2=O)cc1S(=O)(=O)Nc1cccc(C#N)c1. The van der Waals surface area contributed by atoms with Gasteiger partial charge in [0.1, 0.15) is 10.6 Å². The zero-order chi connectivity index (χ0) is 19.6. The Kier molecular flexibility index (Phi) is 4.83. The van der Waals surface area contributed by atoms with Crippen LogP contribution in [0.3, 0.4) is 0 Å². The molecule has 0 unspecified atom stereocenters. The number of nitrogens with zero attached hydrogens (tertiary/aromatic N) is 2. The number of hydrogen-bond donors (Lipinski definition) is 1. The molecule has 1 aliphatic heterocycles. The van der Waals surface area contributed by atoms with Crippen molar-refractivity contribution in [2.45, 2.75) is 17.7 Å². The highest BCUT2D eigenvalue weighted by Crippen LogP contribution is 2.32. The van der Waals surface area contributed by atoms with Gasteiger partial charge in [-0.2, -0.15) is 5.26 Å². The molecule has 2 amide bonds. The van der Waals surface area contributed by atoms with Crippen LogP contribution in [0, 0.1) is 11.3 Å². The molecule has 2 aromatic carbocycles. The fourth-order valence-electron chi connectivity index (χ4n) is 2.74. The molecule has 0 radical (unpaired) electrons. The van der Waals surface area contributed by atoms with E-state index in [0.29, 0.717) is 5.56 Å². The van der Waals surface area contributed by atoms with Crippen LogP contribution >= 0.6 is 0 Å². The maximum atomic E-state index is 12.8. The van der Waals surface area contributed by atoms with Crippen LogP contribution in [0.5, 0.6) is 5.75 Å². The Morgan fingerprint density at radius 2 is 1.81 bits per heavy atom. The molecule has 0 atom stereocenters. The van der Waals surface area contributed by atoms with E-state index in [0.717, 1.165) is 4.90 Å². The van der Waals surface area contributed by atoms with Gasteiger partial charge in [-0.25, -0.2) is 8.42 Å². The summed E-state index contributed by atoms with van der Waals surface area (Å²) in [5.41, 5.74) is 0.661. The molecule has 2 aromatic rings. The number of carbonyl (C=O) groups excluding carboxylic acids is 2. The highest BCUT2D eigenvalue weighted by atomic mass is 32.2. The van der Waals surface area contributed by atoms with Gasteiger partial charge in [0.15, 0.2) is 0 Å². The van der Waals surface area contributed by atoms with E-state index >= 15 is 0 Å². The van der Waals surface area contributed by atoms with Crippen LogP contribution in [0.4, 0.5) is 11.4 Å². The van der Waals surface area contributed by atoms with E-state index in [4.69, 9.17) is 10.00 Å². The predicted molar refractivity (Wildman–Crippen MR) is 96.7 cm³/mol. The molecule has 8 nitrogen and oxygen atoms in total. The topological polar surface area (TPSA) is 117 Å². The number of amides is 2. The summed E-state index contributed by atoms with van der Waals surface area (Å²) in [6.07, 6.45) is 0.179. The standard InChI is InChI=1S/C18H15N3O5S/c1-26-15-6-5-14(21-17(22)7-8-18(21)23)10-16(15)27(24,25)20-13-4-2-3-12(9-13)11-19/h2-6,9-10,20H,7-8H2,1H3. The smallest absolute Gasteiger partial charge is 0.265 e. The lowest BCUT2D eigenvalue weighted by Crippen LogP contribution is -2.28. The van der Waals surface area contributed by atoms with Crippen LogP contribution in [-0.2, 0) is 19.6 Å². The van der Waals surface area contributed by atoms with E-state index in [1.165, 1.54) is 37.4 Å². The second-order valence-corrected chi connectivity index (χ2v) is 7.41. The number of hydrogen-bond acceptors (Lipinski definition) is 6. The van der Waals surface area contributed by atoms with Gasteiger partial charge in [-0.3, -0.25) is 19.2 Å². The second-order valence-electron chi connectivity index (χ2n) is 5.76. The Hall–Kier alpha value is -3.38. The van der Waals surface area contributed by atoms with Gasteiger partial charge >= 0.3 is 0 Å². The molecule has 0 bridgehead atoms. The summed E-state index contributed by atoms with van der Waals surface area (Å²) >= 11 is 0. The molecule has 0 spiro atoms. The quantitative estimate of drug-likeness (QED) is 0.787. The van der Waals surface area contributed by atoms with Crippen molar-refractivity contribution in [3.63, 3.8) is 0 Å². The summed E-state index contributed by atoms with van der Waals surface area (Å²) < 4.78 is 33.2. The first-order valence-electron chi connectivity index (χ1n) is 7.92. The van der Waals surface area contributed by atoms with E-state index in [1.54, 1.807) is 12.1 Å². The third-order valence-corrected chi connectivity index (χ3v) is 5.39. The number of rotatable bonds is 5. The molecule has 3 rings (SSSR count). The summed E-state index contributed by atoms with van der Waals surface area (Å²) in [6, 6.07) is 12.0. The van der Waals surface area contributed by atoms with Crippen molar-refractivity contribution < 1.29 is 22.7 Å². The largest absolute Gasteiger partial charge is 0.495 e. The summed E-state index contributed by atoms with van der Waals surface area (Å²) in [7, 11) is -2.79. The molecule has 1 fully saturated rings. The Labute approximate surface area is 156 Å². The molecule has 0 aromatic heterocycles. The molecule has 0 aliphatic carbocycles. The highest BCUT2D eigenvalue weighted by Gasteiger charge is 2.32. The van der Waals surface area contributed by atoms with Crippen LogP contribution in [0.15, 0.2) is 47.4 Å². The van der Waals surface area contributed by atoms with Crippen molar-refractivity contribution in [2.24, 2.45) is 0 Å². The number of methoxy groups -OCH3 is 1. The first-order valence-corrected chi connectivity index (χ1v) is 9.41. The highest BCUT2D eigenvalue weighted by molar-refractivity contribution is 7.92. The molecule has 0 saturated carbocycles. The van der Waals surface area contributed by atoms with E-state index in [-0.39, 0.29) is 46.7 Å². The van der Waals surface area contributed by atoms with Crippen LogP contribution in [-0.4, -0.2) is 27.3 Å². The Morgan fingerprint density at radius 3 is 2.44 bits per heavy atom. The zero-order valence-electron chi connectivity index (χ0n) is 14.3. The first kappa shape index (κ1) is 18.4. The Morgan fingerprint density at radius 1 is 1.11 bits per heavy atom. The van der Waals surface area contributed by atoms with Crippen molar-refractivity contribution in [3.05, 3.63) is 48.0 Å². The van der Waals surface area contributed by atoms with E-state index < -0.39 is 10.0 Å². The molecule has 1 aliphatic rings. The summed E-state index contributed by atoms with van der Waals surface area (Å²) in [4.78, 5) is 24.6. The molecular weight excluding hydrogens is 370 g/mol. The fraction of sp³-hybridized carbons (Fsp3) is 0.167. The number of benzene rings is 2. The number of carbonyl (C=O) groups is 2. The normalized spacial score (nSPS) is 14.1. The predicted octanol–water partition coefficient (Wildman–Crippen LogP) is 2.02. The summed E-state index contributed by atoms with van der Waals surface area (Å²) in [6.45, 7) is 0. The molecular formula is C18H15N3O5S. The van der Waals surface area contributed by atoms with Crippen molar-refractivity contribution >= 4 is 33.2 Å². The van der Waals surface area contributed by atoms with E-state index in [9.17, 15) is 18.0 Å². The number of sulfonamides is 1. The van der Waals surface area contributed by atoms with Gasteiger partial charge in [0.25, 0.3) is 10.0 Å². The number of ether oxygens (including phenoxy) is 1. The van der Waals surface area contributed by atoms with Gasteiger partial charge in [0, 0.05) is 12.8 Å². The minimum Gasteiger partial charge on any atom is -0.495 e. The van der Waals surface area contributed by atoms with Gasteiger partial charge in [-0.15, -0.1) is 0 Å². The van der Waals surface area contributed by atoms with Crippen LogP contribution in [0.1, 0.15) is 18.4 Å². The molecule has 9 heteroatoms. The fourth-order valence-corrected chi connectivity index (χ4v) is 3.98. The van der Waals surface area contributed by atoms with Gasteiger partial charge < -0.3 is 4.74 Å². The van der Waals surface area contributed by atoms with Crippen molar-refractivity contribution in [1.29, 1.82) is 5.26 Å². The number of imide groups is 1. The summed E-state index contributed by atoms with van der Waals surface area (Å²) in [5, 5.41) is 8.95. The third kappa shape index (κ3) is 3.61. The van der Waals surface area contributed by atoms with Crippen LogP contribution in [0.2, 0.25) is 0 Å². The third-order valence-electron chi connectivity index (χ3n) is 3.99. The molecule has 1 N–H and O–H groups in total. The van der Waals surface area contributed by atoms with E-state index in [2.05, 4.69) is 4.72 Å². The number of nitrogens with one attached hydrogen (secondary N) is 1. The molecule has 1 saturated heterocycles. The Balaban J connectivity index is 2.03. The van der Waals surface area contributed by atoms with Gasteiger partial charge in [-0.05, 0) is 36.4 Å². The van der Waals surface area contributed by atoms with Crippen molar-refractivity contribution in [2.75, 3.05) is 16.7 Å². The lowest BCUT2D eigenvalue weighted by molar-refractivity contribution is -0.121. The van der Waals surface area contributed by atoms with Crippen LogP contribution in [0.25, 0.3) is 0 Å². The maximum Gasteiger partial charge on any atom is 0.265 e. The van der Waals surface area contributed by atoms with Gasteiger partial charge in [-0.1, -0.05) is 6.07 Å². The minimum atomic E-state index is -4.10. The second kappa shape index (κ2) is 7.09. The number of nitriles is 1. The molecule has 1 heterocycles.